The number of carbonyl (C=O) groups excluding carboxylic acids is 3. The molecule has 0 spiro atoms. The fourth-order valence-electron chi connectivity index (χ4n) is 6.65. The van der Waals surface area contributed by atoms with Gasteiger partial charge in [0.1, 0.15) is 24.6 Å². The lowest BCUT2D eigenvalue weighted by Crippen LogP contribution is -2.37. The van der Waals surface area contributed by atoms with Crippen LogP contribution in [-0.4, -0.2) is 80.3 Å². The second-order valence-corrected chi connectivity index (χ2v) is 13.0. The first-order valence-corrected chi connectivity index (χ1v) is 16.1. The van der Waals surface area contributed by atoms with E-state index in [9.17, 15) is 19.5 Å². The van der Waals surface area contributed by atoms with Gasteiger partial charge in [-0.15, -0.1) is 0 Å². The van der Waals surface area contributed by atoms with Crippen LogP contribution in [0.4, 0.5) is 0 Å². The molecule has 43 heavy (non-hydrogen) atoms. The number of methoxy groups -OCH3 is 2. The highest BCUT2D eigenvalue weighted by molar-refractivity contribution is 5.91. The van der Waals surface area contributed by atoms with Gasteiger partial charge in [0.15, 0.2) is 12.1 Å². The van der Waals surface area contributed by atoms with Crippen molar-refractivity contribution >= 4 is 18.0 Å². The fraction of sp³-hybridized carbons (Fsp3) is 0.794. The highest BCUT2D eigenvalue weighted by atomic mass is 16.7. The van der Waals surface area contributed by atoms with Gasteiger partial charge in [0.2, 0.25) is 0 Å². The molecule has 2 heterocycles. The normalized spacial score (nSPS) is 40.3. The first-order chi connectivity index (χ1) is 20.5. The third kappa shape index (κ3) is 10.3. The minimum Gasteiger partial charge on any atom is -0.462 e. The van der Waals surface area contributed by atoms with E-state index < -0.39 is 30.7 Å². The molecule has 12 atom stereocenters. The van der Waals surface area contributed by atoms with Crippen LogP contribution in [-0.2, 0) is 38.1 Å². The number of carbonyl (C=O) groups is 3. The van der Waals surface area contributed by atoms with Crippen LogP contribution >= 0.6 is 0 Å². The number of esters is 1. The Morgan fingerprint density at radius 1 is 1.00 bits per heavy atom. The van der Waals surface area contributed by atoms with E-state index in [-0.39, 0.29) is 53.6 Å². The zero-order valence-electron chi connectivity index (χ0n) is 27.1. The molecule has 0 bridgehead atoms. The molecule has 0 radical (unpaired) electrons. The number of hydrogen-bond acceptors (Lipinski definition) is 9. The highest BCUT2D eigenvalue weighted by Gasteiger charge is 2.50. The number of rotatable bonds is 8. The van der Waals surface area contributed by atoms with Gasteiger partial charge in [0, 0.05) is 45.3 Å². The highest BCUT2D eigenvalue weighted by Crippen LogP contribution is 2.46. The quantitative estimate of drug-likeness (QED) is 0.302. The molecule has 2 aliphatic heterocycles. The number of ketones is 1. The molecule has 9 nitrogen and oxygen atoms in total. The van der Waals surface area contributed by atoms with Crippen LogP contribution in [0.5, 0.6) is 0 Å². The smallest absolute Gasteiger partial charge is 0.306 e. The van der Waals surface area contributed by atoms with Crippen molar-refractivity contribution in [3.8, 4) is 0 Å². The van der Waals surface area contributed by atoms with E-state index in [0.717, 1.165) is 24.7 Å². The molecule has 1 aliphatic carbocycles. The van der Waals surface area contributed by atoms with Crippen molar-refractivity contribution in [1.82, 2.24) is 0 Å². The summed E-state index contributed by atoms with van der Waals surface area (Å²) in [5.74, 6) is -0.0401. The van der Waals surface area contributed by atoms with Gasteiger partial charge in [0.25, 0.3) is 0 Å². The van der Waals surface area contributed by atoms with Crippen molar-refractivity contribution in [3.63, 3.8) is 0 Å². The van der Waals surface area contributed by atoms with Crippen molar-refractivity contribution < 1.29 is 43.2 Å². The second kappa shape index (κ2) is 17.0. The standard InChI is InChI=1S/C34H54O9/c1-8-28-25(26-18-29(26)43-34-31(40-7)19-30(39-6)33(38)23(5)41-34)16-21(3)9-11-27(36)22(4)17-24(13-14-35)15-20(2)10-12-32(37)42-28/h9,11,14,16,20,22-26,28-31,33-34,38H,8,10,12-13,15,17-19H2,1-7H3. The van der Waals surface area contributed by atoms with E-state index in [4.69, 9.17) is 23.7 Å². The first-order valence-electron chi connectivity index (χ1n) is 16.1. The molecule has 0 aromatic carbocycles. The third-order valence-corrected chi connectivity index (χ3v) is 9.43. The Morgan fingerprint density at radius 3 is 2.37 bits per heavy atom. The second-order valence-electron chi connectivity index (χ2n) is 13.0. The van der Waals surface area contributed by atoms with Crippen LogP contribution in [0.3, 0.4) is 0 Å². The summed E-state index contributed by atoms with van der Waals surface area (Å²) in [4.78, 5) is 37.3. The van der Waals surface area contributed by atoms with Gasteiger partial charge in [-0.25, -0.2) is 0 Å². The average Bonchev–Trinajstić information content (AvgIpc) is 3.75. The fourth-order valence-corrected chi connectivity index (χ4v) is 6.65. The van der Waals surface area contributed by atoms with E-state index in [1.165, 1.54) is 0 Å². The van der Waals surface area contributed by atoms with Crippen LogP contribution in [0, 0.1) is 29.6 Å². The van der Waals surface area contributed by atoms with Crippen molar-refractivity contribution in [1.29, 1.82) is 0 Å². The topological polar surface area (TPSA) is 118 Å². The van der Waals surface area contributed by atoms with Gasteiger partial charge in [-0.1, -0.05) is 38.5 Å². The van der Waals surface area contributed by atoms with Crippen LogP contribution in [0.1, 0.15) is 86.0 Å². The van der Waals surface area contributed by atoms with Gasteiger partial charge in [-0.3, -0.25) is 9.59 Å². The van der Waals surface area contributed by atoms with E-state index in [1.54, 1.807) is 27.2 Å². The molecule has 1 N–H and O–H groups in total. The Balaban J connectivity index is 1.82. The molecule has 12 unspecified atom stereocenters. The monoisotopic (exact) mass is 606 g/mol. The van der Waals surface area contributed by atoms with Crippen molar-refractivity contribution in [3.05, 3.63) is 23.8 Å². The summed E-state index contributed by atoms with van der Waals surface area (Å²) in [5.41, 5.74) is 0.913. The van der Waals surface area contributed by atoms with Gasteiger partial charge >= 0.3 is 5.97 Å². The lowest BCUT2D eigenvalue weighted by atomic mass is 9.83. The lowest BCUT2D eigenvalue weighted by Gasteiger charge is -2.28. The third-order valence-electron chi connectivity index (χ3n) is 9.43. The van der Waals surface area contributed by atoms with Gasteiger partial charge in [0.05, 0.1) is 18.3 Å². The van der Waals surface area contributed by atoms with Crippen molar-refractivity contribution in [2.45, 2.75) is 129 Å². The SMILES string of the molecule is CCC1OC(=O)CCC(C)CC(CC=O)CC(C)C(=O)C=CC(C)=CC1C1CC1OC1OC(C)C(O)C(OC)CC1OC. The predicted molar refractivity (Wildman–Crippen MR) is 162 cm³/mol. The summed E-state index contributed by atoms with van der Waals surface area (Å²) in [6.45, 7) is 9.79. The number of aliphatic hydroxyl groups excluding tert-OH is 1. The molecular formula is C34H54O9. The summed E-state index contributed by atoms with van der Waals surface area (Å²) in [5, 5.41) is 10.6. The van der Waals surface area contributed by atoms with E-state index in [2.05, 4.69) is 13.0 Å². The number of cyclic esters (lactones) is 1. The maximum Gasteiger partial charge on any atom is 0.306 e. The predicted octanol–water partition coefficient (Wildman–Crippen LogP) is 4.98. The van der Waals surface area contributed by atoms with Crippen LogP contribution < -0.4 is 0 Å². The molecular weight excluding hydrogens is 552 g/mol. The lowest BCUT2D eigenvalue weighted by molar-refractivity contribution is -0.228. The number of aliphatic hydroxyl groups is 1. The average molecular weight is 607 g/mol. The molecule has 9 heteroatoms. The molecule has 3 aliphatic rings. The van der Waals surface area contributed by atoms with E-state index in [0.29, 0.717) is 38.5 Å². The summed E-state index contributed by atoms with van der Waals surface area (Å²) in [6, 6.07) is 0. The minimum absolute atomic E-state index is 0.0489. The molecule has 0 aromatic rings. The maximum absolute atomic E-state index is 13.0. The molecule has 2 fully saturated rings. The van der Waals surface area contributed by atoms with Crippen LogP contribution in [0.2, 0.25) is 0 Å². The number of hydrogen-bond donors (Lipinski definition) is 1. The molecule has 0 amide bonds. The van der Waals surface area contributed by atoms with Crippen molar-refractivity contribution in [2.75, 3.05) is 14.2 Å². The van der Waals surface area contributed by atoms with Gasteiger partial charge < -0.3 is 33.6 Å². The van der Waals surface area contributed by atoms with Crippen LogP contribution in [0.15, 0.2) is 23.8 Å². The Hall–Kier alpha value is -1.91. The summed E-state index contributed by atoms with van der Waals surface area (Å²) in [6.07, 6.45) is 7.88. The summed E-state index contributed by atoms with van der Waals surface area (Å²) in [7, 11) is 3.17. The zero-order valence-corrected chi connectivity index (χ0v) is 27.1. The molecule has 1 saturated carbocycles. The number of ether oxygens (including phenoxy) is 5. The molecule has 0 aromatic heterocycles. The largest absolute Gasteiger partial charge is 0.462 e. The van der Waals surface area contributed by atoms with Gasteiger partial charge in [-0.2, -0.15) is 0 Å². The Labute approximate surface area is 257 Å². The number of aldehydes is 1. The Bertz CT molecular complexity index is 977. The van der Waals surface area contributed by atoms with Gasteiger partial charge in [-0.05, 0) is 69.8 Å². The molecule has 1 saturated heterocycles. The van der Waals surface area contributed by atoms with E-state index in [1.807, 2.05) is 26.8 Å². The molecule has 244 valence electrons. The summed E-state index contributed by atoms with van der Waals surface area (Å²) >= 11 is 0. The minimum atomic E-state index is -0.801. The van der Waals surface area contributed by atoms with Crippen molar-refractivity contribution in [2.24, 2.45) is 29.6 Å². The maximum atomic E-state index is 13.0. The van der Waals surface area contributed by atoms with Crippen LogP contribution in [0.25, 0.3) is 0 Å². The first kappa shape index (κ1) is 35.6. The Morgan fingerprint density at radius 2 is 1.72 bits per heavy atom. The molecule has 3 rings (SSSR count). The number of allylic oxidation sites excluding steroid dienone is 3. The van der Waals surface area contributed by atoms with E-state index >= 15 is 0 Å². The Kier molecular flexibility index (Phi) is 14.0. The summed E-state index contributed by atoms with van der Waals surface area (Å²) < 4.78 is 29.8. The zero-order chi connectivity index (χ0) is 31.7.